The Hall–Kier alpha value is -3.20. The fourth-order valence-corrected chi connectivity index (χ4v) is 2.56. The second-order valence-electron chi connectivity index (χ2n) is 7.59. The zero-order valence-electron chi connectivity index (χ0n) is 17.3. The van der Waals surface area contributed by atoms with Crippen LogP contribution in [0.15, 0.2) is 54.9 Å². The van der Waals surface area contributed by atoms with E-state index < -0.39 is 29.3 Å². The van der Waals surface area contributed by atoms with Gasteiger partial charge in [0, 0.05) is 24.5 Å². The summed E-state index contributed by atoms with van der Waals surface area (Å²) in [5, 5.41) is 12.9. The molecule has 0 aliphatic rings. The smallest absolute Gasteiger partial charge is 0.423 e. The lowest BCUT2D eigenvalue weighted by Crippen LogP contribution is -2.38. The zero-order valence-corrected chi connectivity index (χ0v) is 17.3. The number of rotatable bonds is 7. The molecule has 0 saturated carbocycles. The second-order valence-corrected chi connectivity index (χ2v) is 7.59. The Bertz CT molecular complexity index is 1000. The first-order chi connectivity index (χ1) is 14.5. The molecule has 6 nitrogen and oxygen atoms in total. The van der Waals surface area contributed by atoms with Crippen molar-refractivity contribution in [2.24, 2.45) is 0 Å². The molecule has 3 aromatic rings. The van der Waals surface area contributed by atoms with Gasteiger partial charge in [0.25, 0.3) is 0 Å². The molecule has 31 heavy (non-hydrogen) atoms. The minimum atomic E-state index is -4.69. The normalized spacial score (nSPS) is 13.0. The molecule has 2 N–H and O–H groups in total. The van der Waals surface area contributed by atoms with Gasteiger partial charge in [-0.2, -0.15) is 18.2 Å². The van der Waals surface area contributed by atoms with Crippen LogP contribution in [-0.2, 0) is 12.7 Å². The number of anilines is 1. The molecule has 0 aliphatic heterocycles. The maximum Gasteiger partial charge on any atom is 0.423 e. The molecular formula is C22H23F3N4O2. The predicted molar refractivity (Wildman–Crippen MR) is 110 cm³/mol. The molecule has 2 aromatic heterocycles. The first kappa shape index (κ1) is 22.5. The van der Waals surface area contributed by atoms with Crippen molar-refractivity contribution >= 4 is 5.95 Å². The Morgan fingerprint density at radius 2 is 1.77 bits per heavy atom. The van der Waals surface area contributed by atoms with E-state index in [9.17, 15) is 18.3 Å². The standard InChI is InChI=1S/C22H23F3N4O2/c1-14(21(2,3)30)31-19-17(22(23,24)25)13-28-20(29-19)27-12-15-7-9-16(10-8-15)18-6-4-5-11-26-18/h4-11,13-14,30H,12H2,1-3H3,(H,27,28,29)/t14-/m1/s1. The van der Waals surface area contributed by atoms with Crippen LogP contribution in [0.25, 0.3) is 11.3 Å². The van der Waals surface area contributed by atoms with Gasteiger partial charge in [-0.15, -0.1) is 0 Å². The van der Waals surface area contributed by atoms with Gasteiger partial charge in [0.15, 0.2) is 0 Å². The molecule has 0 saturated heterocycles. The fourth-order valence-electron chi connectivity index (χ4n) is 2.56. The molecule has 0 spiro atoms. The van der Waals surface area contributed by atoms with Crippen molar-refractivity contribution in [3.63, 3.8) is 0 Å². The van der Waals surface area contributed by atoms with E-state index in [2.05, 4.69) is 20.3 Å². The summed E-state index contributed by atoms with van der Waals surface area (Å²) in [6, 6.07) is 13.2. The summed E-state index contributed by atoms with van der Waals surface area (Å²) >= 11 is 0. The Morgan fingerprint density at radius 1 is 1.06 bits per heavy atom. The fraction of sp³-hybridized carbons (Fsp3) is 0.318. The van der Waals surface area contributed by atoms with E-state index in [0.29, 0.717) is 12.7 Å². The van der Waals surface area contributed by atoms with Crippen LogP contribution in [-0.4, -0.2) is 31.8 Å². The first-order valence-corrected chi connectivity index (χ1v) is 9.61. The summed E-state index contributed by atoms with van der Waals surface area (Å²) in [6.07, 6.45) is -3.22. The second kappa shape index (κ2) is 8.89. The summed E-state index contributed by atoms with van der Waals surface area (Å²) < 4.78 is 45.2. The van der Waals surface area contributed by atoms with Crippen molar-refractivity contribution < 1.29 is 23.0 Å². The quantitative estimate of drug-likeness (QED) is 0.563. The van der Waals surface area contributed by atoms with Crippen LogP contribution in [0.3, 0.4) is 0 Å². The first-order valence-electron chi connectivity index (χ1n) is 9.61. The highest BCUT2D eigenvalue weighted by Crippen LogP contribution is 2.36. The van der Waals surface area contributed by atoms with E-state index in [-0.39, 0.29) is 5.95 Å². The SMILES string of the molecule is C[C@@H](Oc1nc(NCc2ccc(-c3ccccn3)cc2)ncc1C(F)(F)F)C(C)(C)O. The molecule has 9 heteroatoms. The topological polar surface area (TPSA) is 80.2 Å². The minimum absolute atomic E-state index is 0.0141. The summed E-state index contributed by atoms with van der Waals surface area (Å²) in [7, 11) is 0. The van der Waals surface area contributed by atoms with Gasteiger partial charge in [-0.3, -0.25) is 4.98 Å². The summed E-state index contributed by atoms with van der Waals surface area (Å²) in [5.74, 6) is -0.648. The Morgan fingerprint density at radius 3 is 2.35 bits per heavy atom. The van der Waals surface area contributed by atoms with Gasteiger partial charge in [0.1, 0.15) is 11.7 Å². The van der Waals surface area contributed by atoms with Gasteiger partial charge < -0.3 is 15.2 Å². The van der Waals surface area contributed by atoms with Gasteiger partial charge in [0.2, 0.25) is 11.8 Å². The third-order valence-corrected chi connectivity index (χ3v) is 4.71. The van der Waals surface area contributed by atoms with Crippen LogP contribution in [0, 0.1) is 0 Å². The van der Waals surface area contributed by atoms with Gasteiger partial charge in [0.05, 0.1) is 11.3 Å². The van der Waals surface area contributed by atoms with Crippen molar-refractivity contribution in [2.45, 2.75) is 45.2 Å². The molecule has 0 radical (unpaired) electrons. The third-order valence-electron chi connectivity index (χ3n) is 4.71. The molecule has 164 valence electrons. The molecule has 2 heterocycles. The molecular weight excluding hydrogens is 409 g/mol. The van der Waals surface area contributed by atoms with Crippen LogP contribution in [0.2, 0.25) is 0 Å². The number of benzene rings is 1. The van der Waals surface area contributed by atoms with Crippen molar-refractivity contribution in [1.29, 1.82) is 0 Å². The van der Waals surface area contributed by atoms with Crippen molar-refractivity contribution in [3.05, 3.63) is 66.0 Å². The third kappa shape index (κ3) is 5.91. The molecule has 0 bridgehead atoms. The highest BCUT2D eigenvalue weighted by molar-refractivity contribution is 5.59. The van der Waals surface area contributed by atoms with E-state index in [0.717, 1.165) is 16.8 Å². The lowest BCUT2D eigenvalue weighted by atomic mass is 10.0. The van der Waals surface area contributed by atoms with Crippen molar-refractivity contribution in [3.8, 4) is 17.1 Å². The van der Waals surface area contributed by atoms with E-state index in [1.54, 1.807) is 6.20 Å². The Kier molecular flexibility index (Phi) is 6.45. The molecule has 0 fully saturated rings. The maximum atomic E-state index is 13.3. The van der Waals surface area contributed by atoms with Crippen LogP contribution in [0.1, 0.15) is 31.9 Å². The summed E-state index contributed by atoms with van der Waals surface area (Å²) in [4.78, 5) is 11.9. The molecule has 1 aromatic carbocycles. The van der Waals surface area contributed by atoms with E-state index in [4.69, 9.17) is 4.74 Å². The Labute approximate surface area is 178 Å². The molecule has 0 amide bonds. The lowest BCUT2D eigenvalue weighted by Gasteiger charge is -2.27. The number of hydrogen-bond donors (Lipinski definition) is 2. The van der Waals surface area contributed by atoms with Crippen molar-refractivity contribution in [1.82, 2.24) is 15.0 Å². The van der Waals surface area contributed by atoms with Gasteiger partial charge >= 0.3 is 6.18 Å². The lowest BCUT2D eigenvalue weighted by molar-refractivity contribution is -0.141. The number of hydrogen-bond acceptors (Lipinski definition) is 6. The van der Waals surface area contributed by atoms with Crippen molar-refractivity contribution in [2.75, 3.05) is 5.32 Å². The van der Waals surface area contributed by atoms with E-state index >= 15 is 0 Å². The predicted octanol–water partition coefficient (Wildman–Crippen LogP) is 4.71. The number of alkyl halides is 3. The molecule has 0 aliphatic carbocycles. The number of aromatic nitrogens is 3. The average molecular weight is 432 g/mol. The largest absolute Gasteiger partial charge is 0.471 e. The highest BCUT2D eigenvalue weighted by Gasteiger charge is 2.38. The summed E-state index contributed by atoms with van der Waals surface area (Å²) in [5.41, 5.74) is 0.225. The van der Waals surface area contributed by atoms with Crippen LogP contribution in [0.4, 0.5) is 19.1 Å². The van der Waals surface area contributed by atoms with Gasteiger partial charge in [-0.05, 0) is 38.5 Å². The van der Waals surface area contributed by atoms with Crippen LogP contribution in [0.5, 0.6) is 5.88 Å². The minimum Gasteiger partial charge on any atom is -0.471 e. The van der Waals surface area contributed by atoms with E-state index in [1.807, 2.05) is 42.5 Å². The highest BCUT2D eigenvalue weighted by atomic mass is 19.4. The maximum absolute atomic E-state index is 13.3. The van der Waals surface area contributed by atoms with Crippen LogP contribution >= 0.6 is 0 Å². The van der Waals surface area contributed by atoms with Gasteiger partial charge in [-0.25, -0.2) is 4.98 Å². The molecule has 0 unspecified atom stereocenters. The number of nitrogens with zero attached hydrogens (tertiary/aromatic N) is 3. The number of ether oxygens (including phenoxy) is 1. The van der Waals surface area contributed by atoms with E-state index in [1.165, 1.54) is 20.8 Å². The monoisotopic (exact) mass is 432 g/mol. The van der Waals surface area contributed by atoms with Gasteiger partial charge in [-0.1, -0.05) is 30.3 Å². The number of nitrogens with one attached hydrogen (secondary N) is 1. The number of aliphatic hydroxyl groups is 1. The summed E-state index contributed by atoms with van der Waals surface area (Å²) in [6.45, 7) is 4.66. The molecule has 1 atom stereocenters. The zero-order chi connectivity index (χ0) is 22.6. The Balaban J connectivity index is 1.75. The van der Waals surface area contributed by atoms with Crippen LogP contribution < -0.4 is 10.1 Å². The number of pyridine rings is 1. The number of halogens is 3. The molecule has 3 rings (SSSR count). The average Bonchev–Trinajstić information content (AvgIpc) is 2.72.